The molecular weight excluding hydrogens is 857 g/mol. The largest absolute Gasteiger partial charge is 0.309 e. The summed E-state index contributed by atoms with van der Waals surface area (Å²) in [4.78, 5) is 9.73. The molecule has 0 saturated carbocycles. The summed E-state index contributed by atoms with van der Waals surface area (Å²) < 4.78 is 4.70. The summed E-state index contributed by atoms with van der Waals surface area (Å²) in [5.74, 6) is 0.363. The van der Waals surface area contributed by atoms with Gasteiger partial charge in [-0.15, -0.1) is 0 Å². The van der Waals surface area contributed by atoms with Crippen LogP contribution in [0.1, 0.15) is 22.3 Å². The minimum Gasteiger partial charge on any atom is -0.309 e. The van der Waals surface area contributed by atoms with Crippen LogP contribution >= 0.6 is 0 Å². The average Bonchev–Trinajstić information content (AvgIpc) is 3.95. The molecule has 9 aromatic carbocycles. The van der Waals surface area contributed by atoms with Crippen LogP contribution in [0.25, 0.3) is 111 Å². The molecule has 0 atom stereocenters. The molecule has 3 heterocycles. The first-order chi connectivity index (χ1) is 34.5. The van der Waals surface area contributed by atoms with Crippen LogP contribution in [-0.4, -0.2) is 19.1 Å². The summed E-state index contributed by atoms with van der Waals surface area (Å²) in [5, 5.41) is 44.9. The molecular formula is C62H34N8. The number of nitriles is 4. The Kier molecular flexibility index (Phi) is 9.86. The molecule has 0 spiro atoms. The molecule has 0 bridgehead atoms. The van der Waals surface area contributed by atoms with Gasteiger partial charge in [0.2, 0.25) is 0 Å². The molecule has 0 saturated heterocycles. The first-order valence-corrected chi connectivity index (χ1v) is 22.6. The second-order valence-electron chi connectivity index (χ2n) is 17.1. The second-order valence-corrected chi connectivity index (χ2v) is 17.1. The van der Waals surface area contributed by atoms with Gasteiger partial charge in [0.25, 0.3) is 0 Å². The molecule has 0 aliphatic rings. The molecule has 322 valence electrons. The Morgan fingerprint density at radius 2 is 0.729 bits per heavy atom. The number of aromatic nitrogens is 4. The van der Waals surface area contributed by atoms with Crippen LogP contribution in [0.2, 0.25) is 0 Å². The van der Waals surface area contributed by atoms with Crippen LogP contribution < -0.4 is 0 Å². The summed E-state index contributed by atoms with van der Waals surface area (Å²) in [5.41, 5.74) is 14.8. The summed E-state index contributed by atoms with van der Waals surface area (Å²) >= 11 is 0. The van der Waals surface area contributed by atoms with Crippen molar-refractivity contribution in [3.05, 3.63) is 229 Å². The molecule has 0 aliphatic carbocycles. The number of benzene rings is 9. The van der Waals surface area contributed by atoms with Gasteiger partial charge in [0.15, 0.2) is 5.82 Å². The molecule has 0 aliphatic heterocycles. The van der Waals surface area contributed by atoms with Crippen LogP contribution in [0.15, 0.2) is 206 Å². The van der Waals surface area contributed by atoms with Gasteiger partial charge in [-0.3, -0.25) is 0 Å². The molecule has 0 N–H and O–H groups in total. The number of nitrogens with zero attached hydrogens (tertiary/aromatic N) is 8. The molecule has 12 rings (SSSR count). The molecule has 0 amide bonds. The second kappa shape index (κ2) is 16.8. The highest BCUT2D eigenvalue weighted by molar-refractivity contribution is 6.12. The van der Waals surface area contributed by atoms with Crippen molar-refractivity contribution in [3.63, 3.8) is 0 Å². The van der Waals surface area contributed by atoms with Gasteiger partial charge in [-0.1, -0.05) is 103 Å². The maximum absolute atomic E-state index is 10.6. The van der Waals surface area contributed by atoms with E-state index >= 15 is 0 Å². The maximum atomic E-state index is 10.6. The van der Waals surface area contributed by atoms with Crippen molar-refractivity contribution < 1.29 is 0 Å². The fourth-order valence-corrected chi connectivity index (χ4v) is 9.76. The number of para-hydroxylation sites is 3. The van der Waals surface area contributed by atoms with E-state index in [1.807, 2.05) is 12.1 Å². The Morgan fingerprint density at radius 1 is 0.314 bits per heavy atom. The van der Waals surface area contributed by atoms with Gasteiger partial charge >= 0.3 is 0 Å². The van der Waals surface area contributed by atoms with Crippen molar-refractivity contribution in [2.75, 3.05) is 0 Å². The van der Waals surface area contributed by atoms with E-state index < -0.39 is 0 Å². The van der Waals surface area contributed by atoms with Gasteiger partial charge < -0.3 is 9.13 Å². The van der Waals surface area contributed by atoms with Crippen molar-refractivity contribution in [2.45, 2.75) is 0 Å². The third-order valence-electron chi connectivity index (χ3n) is 13.1. The highest BCUT2D eigenvalue weighted by Crippen LogP contribution is 2.39. The van der Waals surface area contributed by atoms with Crippen LogP contribution in [0, 0.1) is 45.3 Å². The van der Waals surface area contributed by atoms with Gasteiger partial charge in [-0.05, 0) is 125 Å². The molecule has 8 heteroatoms. The summed E-state index contributed by atoms with van der Waals surface area (Å²) in [6, 6.07) is 77.6. The highest BCUT2D eigenvalue weighted by atomic mass is 15.0. The van der Waals surface area contributed by atoms with Crippen LogP contribution in [0.4, 0.5) is 0 Å². The van der Waals surface area contributed by atoms with E-state index in [0.717, 1.165) is 50.2 Å². The molecule has 0 unspecified atom stereocenters. The van der Waals surface area contributed by atoms with Crippen LogP contribution in [0.3, 0.4) is 0 Å². The Bertz CT molecular complexity index is 4080. The Morgan fingerprint density at radius 3 is 1.26 bits per heavy atom. The lowest BCUT2D eigenvalue weighted by molar-refractivity contribution is 1.17. The van der Waals surface area contributed by atoms with Gasteiger partial charge in [-0.2, -0.15) is 21.0 Å². The number of rotatable bonds is 7. The zero-order chi connectivity index (χ0) is 47.3. The van der Waals surface area contributed by atoms with E-state index in [2.05, 4.69) is 161 Å². The topological polar surface area (TPSA) is 131 Å². The van der Waals surface area contributed by atoms with Crippen LogP contribution in [0.5, 0.6) is 0 Å². The van der Waals surface area contributed by atoms with Crippen molar-refractivity contribution >= 4 is 43.6 Å². The fraction of sp³-hybridized carbons (Fsp3) is 0. The lowest BCUT2D eigenvalue weighted by Gasteiger charge is -2.13. The number of fused-ring (bicyclic) bond motifs is 6. The SMILES string of the molecule is N#Cc1ccc(-c2cc(-c3c(C#N)cc(-c4ccc(-c5ccc(-n6c7ccccc7c7cc(-n8c9ccccc9c9ccccc98)ccc76)cc5)cc4)cc3C#N)nc(-c3ccc(C#N)cc3)n2)cc1. The molecule has 70 heavy (non-hydrogen) atoms. The predicted octanol–water partition coefficient (Wildman–Crippen LogP) is 14.5. The van der Waals surface area contributed by atoms with Gasteiger partial charge in [0.05, 0.1) is 80.0 Å². The predicted molar refractivity (Wildman–Crippen MR) is 277 cm³/mol. The van der Waals surface area contributed by atoms with E-state index in [9.17, 15) is 21.0 Å². The normalized spacial score (nSPS) is 11.1. The highest BCUT2D eigenvalue weighted by Gasteiger charge is 2.20. The molecule has 12 aromatic rings. The zero-order valence-corrected chi connectivity index (χ0v) is 37.2. The van der Waals surface area contributed by atoms with Crippen molar-refractivity contribution in [1.29, 1.82) is 21.0 Å². The lowest BCUT2D eigenvalue weighted by Crippen LogP contribution is -2.00. The molecule has 3 aromatic heterocycles. The first kappa shape index (κ1) is 41.1. The molecule has 0 radical (unpaired) electrons. The Labute approximate surface area is 402 Å². The zero-order valence-electron chi connectivity index (χ0n) is 37.2. The lowest BCUT2D eigenvalue weighted by atomic mass is 9.92. The smallest absolute Gasteiger partial charge is 0.160 e. The summed E-state index contributed by atoms with van der Waals surface area (Å²) in [6.07, 6.45) is 0. The summed E-state index contributed by atoms with van der Waals surface area (Å²) in [6.45, 7) is 0. The standard InChI is InChI=1S/C62H34N8/c63-35-39-13-17-44(18-14-39)55-34-56(68-62(67-55)45-19-15-40(36-64)16-20-45)61-47(37-65)31-46(32-48(61)38-66)43-23-21-41(22-24-43)42-25-27-49(28-26-42)69-59-12-6-3-9-53(59)54-33-50(29-30-60(54)69)70-57-10-4-1-7-51(57)52-8-2-5-11-58(52)70/h1-34H. The third kappa shape index (κ3) is 6.90. The first-order valence-electron chi connectivity index (χ1n) is 22.6. The van der Waals surface area contributed by atoms with Gasteiger partial charge in [0, 0.05) is 49.6 Å². The van der Waals surface area contributed by atoms with E-state index in [-0.39, 0.29) is 11.1 Å². The van der Waals surface area contributed by atoms with E-state index in [0.29, 0.717) is 39.5 Å². The quantitative estimate of drug-likeness (QED) is 0.157. The minimum atomic E-state index is 0.289. The van der Waals surface area contributed by atoms with Gasteiger partial charge in [0.1, 0.15) is 0 Å². The third-order valence-corrected chi connectivity index (χ3v) is 13.1. The van der Waals surface area contributed by atoms with E-state index in [1.165, 1.54) is 32.6 Å². The maximum Gasteiger partial charge on any atom is 0.160 e. The summed E-state index contributed by atoms with van der Waals surface area (Å²) in [7, 11) is 0. The van der Waals surface area contributed by atoms with Gasteiger partial charge in [-0.25, -0.2) is 9.97 Å². The average molecular weight is 891 g/mol. The molecule has 8 nitrogen and oxygen atoms in total. The van der Waals surface area contributed by atoms with Crippen molar-refractivity contribution in [2.24, 2.45) is 0 Å². The van der Waals surface area contributed by atoms with E-state index in [4.69, 9.17) is 9.97 Å². The van der Waals surface area contributed by atoms with Crippen molar-refractivity contribution in [3.8, 4) is 91.8 Å². The Hall–Kier alpha value is -10.4. The minimum absolute atomic E-state index is 0.289. The van der Waals surface area contributed by atoms with Crippen molar-refractivity contribution in [1.82, 2.24) is 19.1 Å². The van der Waals surface area contributed by atoms with E-state index in [1.54, 1.807) is 66.7 Å². The number of hydrogen-bond acceptors (Lipinski definition) is 6. The van der Waals surface area contributed by atoms with Crippen LogP contribution in [-0.2, 0) is 0 Å². The number of hydrogen-bond donors (Lipinski definition) is 0. The monoisotopic (exact) mass is 890 g/mol. The molecule has 0 fully saturated rings. The Balaban J connectivity index is 0.874. The fourth-order valence-electron chi connectivity index (χ4n) is 9.76.